The van der Waals surface area contributed by atoms with Gasteiger partial charge in [0.05, 0.1) is 0 Å². The van der Waals surface area contributed by atoms with Crippen LogP contribution in [0.15, 0.2) is 12.2 Å². The van der Waals surface area contributed by atoms with Crippen molar-refractivity contribution in [2.45, 2.75) is 26.3 Å². The molecule has 0 unspecified atom stereocenters. The molecule has 0 aromatic rings. The van der Waals surface area contributed by atoms with Crippen LogP contribution in [0, 0.1) is 0 Å². The minimum atomic E-state index is -0.813. The summed E-state index contributed by atoms with van der Waals surface area (Å²) in [7, 11) is 0. The normalized spacial score (nSPS) is 12.5. The SMILES string of the molecule is C=C(C)CCN[C@H](C)C(=O)O. The van der Waals surface area contributed by atoms with Crippen molar-refractivity contribution in [1.29, 1.82) is 0 Å². The van der Waals surface area contributed by atoms with Gasteiger partial charge in [-0.25, -0.2) is 0 Å². The molecule has 1 atom stereocenters. The van der Waals surface area contributed by atoms with E-state index in [1.807, 2.05) is 6.92 Å². The first-order valence-electron chi connectivity index (χ1n) is 3.64. The number of carboxylic acid groups (broad SMARTS) is 1. The maximum absolute atomic E-state index is 10.3. The first kappa shape index (κ1) is 10.2. The zero-order valence-electron chi connectivity index (χ0n) is 7.05. The summed E-state index contributed by atoms with van der Waals surface area (Å²) in [4.78, 5) is 10.3. The predicted octanol–water partition coefficient (Wildman–Crippen LogP) is 1.02. The second-order valence-corrected chi connectivity index (χ2v) is 2.72. The van der Waals surface area contributed by atoms with Gasteiger partial charge in [-0.05, 0) is 26.8 Å². The molecule has 0 saturated heterocycles. The molecule has 3 heteroatoms. The summed E-state index contributed by atoms with van der Waals surface area (Å²) >= 11 is 0. The fraction of sp³-hybridized carbons (Fsp3) is 0.625. The molecule has 0 aromatic heterocycles. The van der Waals surface area contributed by atoms with Crippen molar-refractivity contribution in [3.63, 3.8) is 0 Å². The molecule has 0 aliphatic carbocycles. The average molecular weight is 157 g/mol. The van der Waals surface area contributed by atoms with Crippen LogP contribution in [0.2, 0.25) is 0 Å². The lowest BCUT2D eigenvalue weighted by molar-refractivity contribution is -0.138. The zero-order valence-corrected chi connectivity index (χ0v) is 7.05. The van der Waals surface area contributed by atoms with E-state index in [0.717, 1.165) is 12.0 Å². The van der Waals surface area contributed by atoms with Gasteiger partial charge in [0, 0.05) is 0 Å². The van der Waals surface area contributed by atoms with E-state index in [2.05, 4.69) is 11.9 Å². The molecule has 0 aromatic carbocycles. The van der Waals surface area contributed by atoms with Crippen molar-refractivity contribution in [3.8, 4) is 0 Å². The summed E-state index contributed by atoms with van der Waals surface area (Å²) in [5.41, 5.74) is 1.06. The van der Waals surface area contributed by atoms with Crippen molar-refractivity contribution < 1.29 is 9.90 Å². The Balaban J connectivity index is 3.39. The van der Waals surface area contributed by atoms with E-state index >= 15 is 0 Å². The van der Waals surface area contributed by atoms with E-state index in [1.54, 1.807) is 6.92 Å². The molecule has 0 radical (unpaired) electrons. The Morgan fingerprint density at radius 3 is 2.64 bits per heavy atom. The predicted molar refractivity (Wildman–Crippen MR) is 44.5 cm³/mol. The van der Waals surface area contributed by atoms with Crippen LogP contribution in [0.4, 0.5) is 0 Å². The standard InChI is InChI=1S/C8H15NO2/c1-6(2)4-5-9-7(3)8(10)11/h7,9H,1,4-5H2,2-3H3,(H,10,11)/t7-/m1/s1. The van der Waals surface area contributed by atoms with Crippen LogP contribution in [-0.4, -0.2) is 23.7 Å². The summed E-state index contributed by atoms with van der Waals surface area (Å²) in [6.45, 7) is 7.94. The molecule has 0 amide bonds. The van der Waals surface area contributed by atoms with Crippen LogP contribution in [0.1, 0.15) is 20.3 Å². The van der Waals surface area contributed by atoms with Gasteiger partial charge in [0.15, 0.2) is 0 Å². The van der Waals surface area contributed by atoms with E-state index in [-0.39, 0.29) is 0 Å². The molecule has 0 bridgehead atoms. The molecule has 0 heterocycles. The van der Waals surface area contributed by atoms with Crippen LogP contribution < -0.4 is 5.32 Å². The Bertz CT molecular complexity index is 154. The molecule has 0 aliphatic heterocycles. The smallest absolute Gasteiger partial charge is 0.320 e. The van der Waals surface area contributed by atoms with Gasteiger partial charge in [-0.15, -0.1) is 6.58 Å². The molecule has 11 heavy (non-hydrogen) atoms. The van der Waals surface area contributed by atoms with Crippen molar-refractivity contribution in [3.05, 3.63) is 12.2 Å². The summed E-state index contributed by atoms with van der Waals surface area (Å²) < 4.78 is 0. The van der Waals surface area contributed by atoms with Crippen molar-refractivity contribution in [1.82, 2.24) is 5.32 Å². The van der Waals surface area contributed by atoms with Gasteiger partial charge in [0.25, 0.3) is 0 Å². The fourth-order valence-electron chi connectivity index (χ4n) is 0.589. The topological polar surface area (TPSA) is 49.3 Å². The third-order valence-corrected chi connectivity index (χ3v) is 1.37. The van der Waals surface area contributed by atoms with Crippen LogP contribution >= 0.6 is 0 Å². The summed E-state index contributed by atoms with van der Waals surface area (Å²) in [5.74, 6) is -0.813. The Morgan fingerprint density at radius 2 is 2.27 bits per heavy atom. The van der Waals surface area contributed by atoms with Crippen LogP contribution in [0.5, 0.6) is 0 Å². The molecule has 0 rings (SSSR count). The Labute approximate surface area is 67.1 Å². The minimum absolute atomic E-state index is 0.464. The lowest BCUT2D eigenvalue weighted by Crippen LogP contribution is -2.34. The summed E-state index contributed by atoms with van der Waals surface area (Å²) in [5, 5.41) is 11.3. The van der Waals surface area contributed by atoms with E-state index in [0.29, 0.717) is 6.54 Å². The van der Waals surface area contributed by atoms with E-state index in [1.165, 1.54) is 0 Å². The zero-order chi connectivity index (χ0) is 8.85. The number of hydrogen-bond acceptors (Lipinski definition) is 2. The fourth-order valence-corrected chi connectivity index (χ4v) is 0.589. The number of carboxylic acids is 1. The van der Waals surface area contributed by atoms with Gasteiger partial charge in [-0.1, -0.05) is 5.57 Å². The number of carbonyl (C=O) groups is 1. The lowest BCUT2D eigenvalue weighted by atomic mass is 10.2. The van der Waals surface area contributed by atoms with Gasteiger partial charge >= 0.3 is 5.97 Å². The second kappa shape index (κ2) is 4.91. The lowest BCUT2D eigenvalue weighted by Gasteiger charge is -2.07. The first-order valence-corrected chi connectivity index (χ1v) is 3.64. The van der Waals surface area contributed by atoms with Gasteiger partial charge in [0.1, 0.15) is 6.04 Å². The van der Waals surface area contributed by atoms with Crippen molar-refractivity contribution in [2.24, 2.45) is 0 Å². The highest BCUT2D eigenvalue weighted by Crippen LogP contribution is 1.92. The summed E-state index contributed by atoms with van der Waals surface area (Å²) in [6.07, 6.45) is 0.831. The maximum Gasteiger partial charge on any atom is 0.320 e. The Morgan fingerprint density at radius 1 is 1.73 bits per heavy atom. The number of aliphatic carboxylic acids is 1. The Kier molecular flexibility index (Phi) is 4.54. The van der Waals surface area contributed by atoms with Crippen LogP contribution in [0.25, 0.3) is 0 Å². The minimum Gasteiger partial charge on any atom is -0.480 e. The number of rotatable bonds is 5. The van der Waals surface area contributed by atoms with E-state index in [9.17, 15) is 4.79 Å². The summed E-state index contributed by atoms with van der Waals surface area (Å²) in [6, 6.07) is -0.464. The maximum atomic E-state index is 10.3. The quantitative estimate of drug-likeness (QED) is 0.586. The van der Waals surface area contributed by atoms with E-state index in [4.69, 9.17) is 5.11 Å². The van der Waals surface area contributed by atoms with Crippen LogP contribution in [0.3, 0.4) is 0 Å². The number of hydrogen-bond donors (Lipinski definition) is 2. The molecule has 0 fully saturated rings. The van der Waals surface area contributed by atoms with Crippen molar-refractivity contribution >= 4 is 5.97 Å². The second-order valence-electron chi connectivity index (χ2n) is 2.72. The van der Waals surface area contributed by atoms with Gasteiger partial charge in [0.2, 0.25) is 0 Å². The third kappa shape index (κ3) is 5.61. The highest BCUT2D eigenvalue weighted by atomic mass is 16.4. The van der Waals surface area contributed by atoms with Gasteiger partial charge in [-0.3, -0.25) is 4.79 Å². The molecule has 3 nitrogen and oxygen atoms in total. The van der Waals surface area contributed by atoms with Gasteiger partial charge in [-0.2, -0.15) is 0 Å². The first-order chi connectivity index (χ1) is 5.04. The molecular formula is C8H15NO2. The van der Waals surface area contributed by atoms with Crippen LogP contribution in [-0.2, 0) is 4.79 Å². The molecule has 0 saturated carbocycles. The largest absolute Gasteiger partial charge is 0.480 e. The number of nitrogens with one attached hydrogen (secondary N) is 1. The highest BCUT2D eigenvalue weighted by molar-refractivity contribution is 5.72. The monoisotopic (exact) mass is 157 g/mol. The molecular weight excluding hydrogens is 142 g/mol. The third-order valence-electron chi connectivity index (χ3n) is 1.37. The average Bonchev–Trinajstić information content (AvgIpc) is 1.86. The van der Waals surface area contributed by atoms with Crippen molar-refractivity contribution in [2.75, 3.05) is 6.54 Å². The molecule has 2 N–H and O–H groups in total. The van der Waals surface area contributed by atoms with Gasteiger partial charge < -0.3 is 10.4 Å². The molecule has 0 aliphatic rings. The van der Waals surface area contributed by atoms with E-state index < -0.39 is 12.0 Å². The Hall–Kier alpha value is -0.830. The molecule has 0 spiro atoms. The molecule has 64 valence electrons. The highest BCUT2D eigenvalue weighted by Gasteiger charge is 2.07.